The second kappa shape index (κ2) is 9.83. The Hall–Kier alpha value is -3.79. The molecule has 178 valence electrons. The largest absolute Gasteiger partial charge is 0.379 e. The van der Waals surface area contributed by atoms with Crippen molar-refractivity contribution >= 4 is 38.7 Å². The Morgan fingerprint density at radius 1 is 0.971 bits per heavy atom. The minimum Gasteiger partial charge on any atom is -0.379 e. The van der Waals surface area contributed by atoms with Crippen LogP contribution in [0.1, 0.15) is 5.56 Å². The van der Waals surface area contributed by atoms with E-state index in [0.717, 1.165) is 16.6 Å². The molecule has 2 N–H and O–H groups in total. The van der Waals surface area contributed by atoms with Crippen molar-refractivity contribution in [2.45, 2.75) is 4.90 Å². The lowest BCUT2D eigenvalue weighted by Crippen LogP contribution is -2.40. The number of aromatic amines is 1. The van der Waals surface area contributed by atoms with Crippen LogP contribution >= 0.6 is 0 Å². The number of fused-ring (bicyclic) bond motifs is 1. The van der Waals surface area contributed by atoms with Crippen molar-refractivity contribution in [2.75, 3.05) is 31.6 Å². The summed E-state index contributed by atoms with van der Waals surface area (Å²) in [6.07, 6.45) is 3.06. The monoisotopic (exact) mass is 488 g/mol. The molecule has 0 saturated carbocycles. The number of morpholine rings is 1. The number of aromatic nitrogens is 2. The van der Waals surface area contributed by atoms with Crippen LogP contribution in [0.5, 0.6) is 0 Å². The molecule has 1 aliphatic heterocycles. The third-order valence-corrected chi connectivity index (χ3v) is 7.66. The van der Waals surface area contributed by atoms with Crippen LogP contribution in [0.15, 0.2) is 83.8 Å². The predicted octanol–water partition coefficient (Wildman–Crippen LogP) is 3.90. The van der Waals surface area contributed by atoms with Crippen molar-refractivity contribution < 1.29 is 17.9 Å². The molecule has 8 nitrogen and oxygen atoms in total. The fourth-order valence-electron chi connectivity index (χ4n) is 3.91. The standard InChI is InChI=1S/C26H24N4O4S/c31-25(14-11-19-9-12-20(13-10-19)35(32,33)30-15-17-34-18-16-30)27-22-6-2-1-5-21(22)26-28-23-7-3-4-8-24(23)29-26/h1-14H,15-18H2,(H,27,31)(H,28,29). The summed E-state index contributed by atoms with van der Waals surface area (Å²) in [6.45, 7) is 1.49. The Morgan fingerprint density at radius 3 is 2.46 bits per heavy atom. The maximum atomic E-state index is 12.8. The summed E-state index contributed by atoms with van der Waals surface area (Å²) in [4.78, 5) is 20.8. The van der Waals surface area contributed by atoms with Crippen LogP contribution in [-0.2, 0) is 19.6 Å². The number of H-pyrrole nitrogens is 1. The van der Waals surface area contributed by atoms with Gasteiger partial charge in [0, 0.05) is 24.7 Å². The number of nitrogens with one attached hydrogen (secondary N) is 2. The van der Waals surface area contributed by atoms with Gasteiger partial charge in [-0.3, -0.25) is 4.79 Å². The van der Waals surface area contributed by atoms with Crippen molar-refractivity contribution in [2.24, 2.45) is 0 Å². The lowest BCUT2D eigenvalue weighted by atomic mass is 10.1. The van der Waals surface area contributed by atoms with E-state index in [-0.39, 0.29) is 10.8 Å². The highest BCUT2D eigenvalue weighted by Crippen LogP contribution is 2.27. The summed E-state index contributed by atoms with van der Waals surface area (Å²) in [7, 11) is -3.55. The number of carbonyl (C=O) groups is 1. The fourth-order valence-corrected chi connectivity index (χ4v) is 5.32. The molecule has 35 heavy (non-hydrogen) atoms. The van der Waals surface area contributed by atoms with E-state index in [1.807, 2.05) is 48.5 Å². The van der Waals surface area contributed by atoms with E-state index in [2.05, 4.69) is 15.3 Å². The van der Waals surface area contributed by atoms with Crippen LogP contribution in [0, 0.1) is 0 Å². The summed E-state index contributed by atoms with van der Waals surface area (Å²) in [5.41, 5.74) is 3.90. The lowest BCUT2D eigenvalue weighted by Gasteiger charge is -2.26. The number of para-hydroxylation sites is 3. The van der Waals surface area contributed by atoms with Crippen molar-refractivity contribution in [1.29, 1.82) is 0 Å². The number of nitrogens with zero attached hydrogens (tertiary/aromatic N) is 2. The minimum atomic E-state index is -3.55. The Balaban J connectivity index is 1.29. The minimum absolute atomic E-state index is 0.223. The number of anilines is 1. The van der Waals surface area contributed by atoms with Crippen molar-refractivity contribution in [3.8, 4) is 11.4 Å². The van der Waals surface area contributed by atoms with Crippen LogP contribution in [0.2, 0.25) is 0 Å². The van der Waals surface area contributed by atoms with Crippen LogP contribution in [-0.4, -0.2) is 54.9 Å². The molecule has 0 bridgehead atoms. The SMILES string of the molecule is O=C(C=Cc1ccc(S(=O)(=O)N2CCOCC2)cc1)Nc1ccccc1-c1nc2ccccc2[nH]1. The van der Waals surface area contributed by atoms with E-state index < -0.39 is 10.0 Å². The summed E-state index contributed by atoms with van der Waals surface area (Å²) in [5.74, 6) is 0.363. The van der Waals surface area contributed by atoms with Gasteiger partial charge in [0.25, 0.3) is 0 Å². The fraction of sp³-hybridized carbons (Fsp3) is 0.154. The molecule has 1 aliphatic rings. The second-order valence-corrected chi connectivity index (χ2v) is 9.99. The number of ether oxygens (including phenoxy) is 1. The van der Waals surface area contributed by atoms with Gasteiger partial charge in [0.15, 0.2) is 0 Å². The van der Waals surface area contributed by atoms with Gasteiger partial charge in [-0.25, -0.2) is 13.4 Å². The van der Waals surface area contributed by atoms with Gasteiger partial charge in [0.2, 0.25) is 15.9 Å². The van der Waals surface area contributed by atoms with Gasteiger partial charge in [-0.05, 0) is 48.0 Å². The number of amides is 1. The molecule has 0 spiro atoms. The summed E-state index contributed by atoms with van der Waals surface area (Å²) in [5, 5.41) is 2.90. The van der Waals surface area contributed by atoms with Gasteiger partial charge in [0.05, 0.1) is 34.8 Å². The Labute approximate surface area is 203 Å². The van der Waals surface area contributed by atoms with Gasteiger partial charge >= 0.3 is 0 Å². The maximum absolute atomic E-state index is 12.8. The number of benzene rings is 3. The third-order valence-electron chi connectivity index (χ3n) is 5.74. The van der Waals surface area contributed by atoms with Crippen LogP contribution in [0.4, 0.5) is 5.69 Å². The van der Waals surface area contributed by atoms with Crippen LogP contribution in [0.25, 0.3) is 28.5 Å². The first-order valence-corrected chi connectivity index (χ1v) is 12.7. The van der Waals surface area contributed by atoms with E-state index in [1.165, 1.54) is 10.4 Å². The summed E-state index contributed by atoms with van der Waals surface area (Å²) >= 11 is 0. The summed E-state index contributed by atoms with van der Waals surface area (Å²) < 4.78 is 32.2. The first-order valence-electron chi connectivity index (χ1n) is 11.2. The topological polar surface area (TPSA) is 104 Å². The molecular weight excluding hydrogens is 464 g/mol. The molecule has 1 aromatic heterocycles. The molecule has 0 atom stereocenters. The zero-order valence-corrected chi connectivity index (χ0v) is 19.7. The van der Waals surface area contributed by atoms with Gasteiger partial charge in [-0.15, -0.1) is 0 Å². The highest BCUT2D eigenvalue weighted by Gasteiger charge is 2.26. The average molecular weight is 489 g/mol. The van der Waals surface area contributed by atoms with Crippen molar-refractivity contribution in [3.05, 3.63) is 84.4 Å². The number of imidazole rings is 1. The predicted molar refractivity (Wildman–Crippen MR) is 135 cm³/mol. The molecule has 1 fully saturated rings. The number of rotatable bonds is 6. The molecule has 0 radical (unpaired) electrons. The quantitative estimate of drug-likeness (QED) is 0.401. The maximum Gasteiger partial charge on any atom is 0.248 e. The van der Waals surface area contributed by atoms with E-state index in [0.29, 0.717) is 43.4 Å². The number of sulfonamides is 1. The van der Waals surface area contributed by atoms with Gasteiger partial charge in [0.1, 0.15) is 5.82 Å². The lowest BCUT2D eigenvalue weighted by molar-refractivity contribution is -0.111. The van der Waals surface area contributed by atoms with Gasteiger partial charge in [-0.1, -0.05) is 36.4 Å². The summed E-state index contributed by atoms with van der Waals surface area (Å²) in [6, 6.07) is 21.7. The van der Waals surface area contributed by atoms with E-state index in [1.54, 1.807) is 30.3 Å². The molecule has 3 aromatic carbocycles. The van der Waals surface area contributed by atoms with E-state index in [4.69, 9.17) is 4.74 Å². The average Bonchev–Trinajstić information content (AvgIpc) is 3.33. The zero-order chi connectivity index (χ0) is 24.3. The van der Waals surface area contributed by atoms with Crippen LogP contribution in [0.3, 0.4) is 0 Å². The van der Waals surface area contributed by atoms with E-state index >= 15 is 0 Å². The first kappa shape index (κ1) is 23.0. The molecule has 1 saturated heterocycles. The number of hydrogen-bond donors (Lipinski definition) is 2. The van der Waals surface area contributed by atoms with Crippen molar-refractivity contribution in [3.63, 3.8) is 0 Å². The normalized spacial score (nSPS) is 15.0. The Morgan fingerprint density at radius 2 is 1.69 bits per heavy atom. The second-order valence-electron chi connectivity index (χ2n) is 8.06. The molecule has 1 amide bonds. The first-order chi connectivity index (χ1) is 17.0. The molecule has 4 aromatic rings. The van der Waals surface area contributed by atoms with Crippen LogP contribution < -0.4 is 5.32 Å². The number of hydrogen-bond acceptors (Lipinski definition) is 5. The zero-order valence-electron chi connectivity index (χ0n) is 18.8. The molecule has 2 heterocycles. The molecule has 0 aliphatic carbocycles. The molecule has 5 rings (SSSR count). The molecule has 9 heteroatoms. The Bertz CT molecular complexity index is 1450. The van der Waals surface area contributed by atoms with Gasteiger partial charge in [-0.2, -0.15) is 4.31 Å². The highest BCUT2D eigenvalue weighted by atomic mass is 32.2. The Kier molecular flexibility index (Phi) is 6.45. The van der Waals surface area contributed by atoms with Gasteiger partial charge < -0.3 is 15.0 Å². The highest BCUT2D eigenvalue weighted by molar-refractivity contribution is 7.89. The third kappa shape index (κ3) is 5.02. The number of carbonyl (C=O) groups excluding carboxylic acids is 1. The van der Waals surface area contributed by atoms with Crippen molar-refractivity contribution in [1.82, 2.24) is 14.3 Å². The smallest absolute Gasteiger partial charge is 0.248 e. The van der Waals surface area contributed by atoms with E-state index in [9.17, 15) is 13.2 Å². The molecule has 0 unspecified atom stereocenters. The molecular formula is C26H24N4O4S.